The third-order valence-electron chi connectivity index (χ3n) is 1.72. The van der Waals surface area contributed by atoms with E-state index < -0.39 is 17.5 Å². The average molecular weight is 239 g/mol. The van der Waals surface area contributed by atoms with Gasteiger partial charge in [-0.15, -0.1) is 0 Å². The second-order valence-electron chi connectivity index (χ2n) is 2.69. The van der Waals surface area contributed by atoms with Gasteiger partial charge in [0.25, 0.3) is 0 Å². The van der Waals surface area contributed by atoms with Gasteiger partial charge in [0.1, 0.15) is 5.75 Å². The van der Waals surface area contributed by atoms with Crippen LogP contribution >= 0.6 is 11.6 Å². The number of aldehydes is 1. The van der Waals surface area contributed by atoms with Crippen LogP contribution in [0, 0.1) is 0 Å². The number of carbonyl (C=O) groups excluding carboxylic acids is 1. The molecule has 0 aliphatic heterocycles. The summed E-state index contributed by atoms with van der Waals surface area (Å²) in [5, 5.41) is -0.162. The Labute approximate surface area is 88.6 Å². The highest BCUT2D eigenvalue weighted by Gasteiger charge is 2.35. The number of benzene rings is 1. The lowest BCUT2D eigenvalue weighted by Gasteiger charge is -2.13. The maximum absolute atomic E-state index is 12.5. The van der Waals surface area contributed by atoms with Gasteiger partial charge < -0.3 is 4.74 Å². The summed E-state index contributed by atoms with van der Waals surface area (Å²) in [6, 6.07) is 1.83. The van der Waals surface area contributed by atoms with Crippen molar-refractivity contribution >= 4 is 17.9 Å². The van der Waals surface area contributed by atoms with Crippen LogP contribution in [0.25, 0.3) is 0 Å². The standard InChI is InChI=1S/C9H6ClF3O2/c1-15-8-5(4-14)2-6(10)3-7(8)9(11,12)13/h2-4H,1H3. The molecule has 0 unspecified atom stereocenters. The minimum Gasteiger partial charge on any atom is -0.495 e. The predicted octanol–water partition coefficient (Wildman–Crippen LogP) is 3.18. The molecule has 6 heteroatoms. The van der Waals surface area contributed by atoms with Gasteiger partial charge in [-0.2, -0.15) is 13.2 Å². The summed E-state index contributed by atoms with van der Waals surface area (Å²) in [7, 11) is 1.06. The zero-order valence-corrected chi connectivity index (χ0v) is 8.32. The van der Waals surface area contributed by atoms with E-state index in [0.717, 1.165) is 13.2 Å². The molecule has 1 rings (SSSR count). The molecule has 15 heavy (non-hydrogen) atoms. The summed E-state index contributed by atoms with van der Waals surface area (Å²) >= 11 is 5.45. The molecule has 0 aliphatic carbocycles. The molecule has 0 bridgehead atoms. The lowest BCUT2D eigenvalue weighted by atomic mass is 10.1. The van der Waals surface area contributed by atoms with Gasteiger partial charge in [-0.3, -0.25) is 4.79 Å². The molecule has 82 valence electrons. The first-order valence-electron chi connectivity index (χ1n) is 3.80. The van der Waals surface area contributed by atoms with Crippen molar-refractivity contribution in [2.24, 2.45) is 0 Å². The largest absolute Gasteiger partial charge is 0.495 e. The quantitative estimate of drug-likeness (QED) is 0.740. The van der Waals surface area contributed by atoms with E-state index in [1.165, 1.54) is 0 Å². The molecule has 0 saturated heterocycles. The van der Waals surface area contributed by atoms with E-state index in [0.29, 0.717) is 6.07 Å². The highest BCUT2D eigenvalue weighted by molar-refractivity contribution is 6.31. The molecule has 1 aromatic carbocycles. The second kappa shape index (κ2) is 4.10. The fourth-order valence-electron chi connectivity index (χ4n) is 1.14. The first-order chi connectivity index (χ1) is 6.90. The molecule has 0 aliphatic rings. The van der Waals surface area contributed by atoms with Crippen molar-refractivity contribution < 1.29 is 22.7 Å². The molecule has 0 amide bonds. The molecule has 1 aromatic rings. The third-order valence-corrected chi connectivity index (χ3v) is 1.94. The topological polar surface area (TPSA) is 26.3 Å². The normalized spacial score (nSPS) is 11.3. The highest BCUT2D eigenvalue weighted by Crippen LogP contribution is 2.39. The van der Waals surface area contributed by atoms with E-state index in [9.17, 15) is 18.0 Å². The van der Waals surface area contributed by atoms with Crippen LogP contribution in [0.15, 0.2) is 12.1 Å². The van der Waals surface area contributed by atoms with Crippen LogP contribution in [0.1, 0.15) is 15.9 Å². The van der Waals surface area contributed by atoms with Gasteiger partial charge in [-0.25, -0.2) is 0 Å². The fourth-order valence-corrected chi connectivity index (χ4v) is 1.37. The molecular formula is C9H6ClF3O2. The van der Waals surface area contributed by atoms with E-state index in [2.05, 4.69) is 4.74 Å². The van der Waals surface area contributed by atoms with Crippen molar-refractivity contribution in [3.05, 3.63) is 28.3 Å². The molecule has 0 spiro atoms. The Kier molecular flexibility index (Phi) is 3.24. The summed E-state index contributed by atoms with van der Waals surface area (Å²) in [6.07, 6.45) is -4.34. The number of rotatable bonds is 2. The summed E-state index contributed by atoms with van der Waals surface area (Å²) in [5.74, 6) is -0.512. The predicted molar refractivity (Wildman–Crippen MR) is 48.4 cm³/mol. The van der Waals surface area contributed by atoms with E-state index >= 15 is 0 Å². The SMILES string of the molecule is COc1c(C=O)cc(Cl)cc1C(F)(F)F. The van der Waals surface area contributed by atoms with Gasteiger partial charge in [-0.05, 0) is 12.1 Å². The molecular weight excluding hydrogens is 233 g/mol. The van der Waals surface area contributed by atoms with E-state index in [1.807, 2.05) is 0 Å². The number of hydrogen-bond donors (Lipinski definition) is 0. The molecule has 0 N–H and O–H groups in total. The van der Waals surface area contributed by atoms with Crippen LogP contribution in [0.3, 0.4) is 0 Å². The minimum atomic E-state index is -4.60. The van der Waals surface area contributed by atoms with Crippen LogP contribution in [-0.4, -0.2) is 13.4 Å². The second-order valence-corrected chi connectivity index (χ2v) is 3.13. The summed E-state index contributed by atoms with van der Waals surface area (Å²) in [6.45, 7) is 0. The summed E-state index contributed by atoms with van der Waals surface area (Å²) in [5.41, 5.74) is -1.28. The Morgan fingerprint density at radius 2 is 2.00 bits per heavy atom. The van der Waals surface area contributed by atoms with Crippen LogP contribution in [0.5, 0.6) is 5.75 Å². The average Bonchev–Trinajstić information content (AvgIpc) is 2.15. The number of hydrogen-bond acceptors (Lipinski definition) is 2. The fraction of sp³-hybridized carbons (Fsp3) is 0.222. The maximum atomic E-state index is 12.5. The van der Waals surface area contributed by atoms with Crippen molar-refractivity contribution in [1.29, 1.82) is 0 Å². The maximum Gasteiger partial charge on any atom is 0.420 e. The molecule has 0 aromatic heterocycles. The van der Waals surface area contributed by atoms with Crippen molar-refractivity contribution in [1.82, 2.24) is 0 Å². The van der Waals surface area contributed by atoms with E-state index in [1.54, 1.807) is 0 Å². The lowest BCUT2D eigenvalue weighted by molar-refractivity contribution is -0.138. The van der Waals surface area contributed by atoms with E-state index in [4.69, 9.17) is 11.6 Å². The Hall–Kier alpha value is -1.23. The molecule has 0 radical (unpaired) electrons. The molecule has 0 saturated carbocycles. The van der Waals surface area contributed by atoms with E-state index in [-0.39, 0.29) is 16.9 Å². The first kappa shape index (κ1) is 11.8. The van der Waals surface area contributed by atoms with Crippen molar-refractivity contribution in [3.8, 4) is 5.75 Å². The Morgan fingerprint density at radius 1 is 1.40 bits per heavy atom. The van der Waals surface area contributed by atoms with Gasteiger partial charge in [0.2, 0.25) is 0 Å². The first-order valence-corrected chi connectivity index (χ1v) is 4.18. The molecule has 2 nitrogen and oxygen atoms in total. The number of alkyl halides is 3. The van der Waals surface area contributed by atoms with Crippen LogP contribution in [-0.2, 0) is 6.18 Å². The number of methoxy groups -OCH3 is 1. The van der Waals surface area contributed by atoms with Crippen LogP contribution < -0.4 is 4.74 Å². The molecule has 0 heterocycles. The molecule has 0 atom stereocenters. The monoisotopic (exact) mass is 238 g/mol. The third kappa shape index (κ3) is 2.41. The highest BCUT2D eigenvalue weighted by atomic mass is 35.5. The van der Waals surface area contributed by atoms with Crippen molar-refractivity contribution in [2.75, 3.05) is 7.11 Å². The van der Waals surface area contributed by atoms with Gasteiger partial charge in [0.15, 0.2) is 6.29 Å². The van der Waals surface area contributed by atoms with Gasteiger partial charge in [0.05, 0.1) is 18.2 Å². The lowest BCUT2D eigenvalue weighted by Crippen LogP contribution is -2.09. The molecule has 0 fully saturated rings. The summed E-state index contributed by atoms with van der Waals surface area (Å²) < 4.78 is 42.0. The smallest absolute Gasteiger partial charge is 0.420 e. The van der Waals surface area contributed by atoms with Crippen LogP contribution in [0.2, 0.25) is 5.02 Å². The van der Waals surface area contributed by atoms with Crippen molar-refractivity contribution in [2.45, 2.75) is 6.18 Å². The number of carbonyl (C=O) groups is 1. The minimum absolute atomic E-state index is 0.162. The number of halogens is 4. The summed E-state index contributed by atoms with van der Waals surface area (Å²) in [4.78, 5) is 10.5. The van der Waals surface area contributed by atoms with Crippen molar-refractivity contribution in [3.63, 3.8) is 0 Å². The van der Waals surface area contributed by atoms with Gasteiger partial charge in [0, 0.05) is 5.02 Å². The zero-order chi connectivity index (χ0) is 11.6. The van der Waals surface area contributed by atoms with Gasteiger partial charge in [-0.1, -0.05) is 11.6 Å². The Morgan fingerprint density at radius 3 is 2.40 bits per heavy atom. The zero-order valence-electron chi connectivity index (χ0n) is 7.56. The Balaban J connectivity index is 3.49. The van der Waals surface area contributed by atoms with Crippen LogP contribution in [0.4, 0.5) is 13.2 Å². The van der Waals surface area contributed by atoms with Gasteiger partial charge >= 0.3 is 6.18 Å². The Bertz CT molecular complexity index is 388. The number of ether oxygens (including phenoxy) is 1.